The highest BCUT2D eigenvalue weighted by Crippen LogP contribution is 2.32. The van der Waals surface area contributed by atoms with E-state index >= 15 is 0 Å². The fourth-order valence-electron chi connectivity index (χ4n) is 2.01. The lowest BCUT2D eigenvalue weighted by atomic mass is 10.1. The largest absolute Gasteiger partial charge is 0.383 e. The second-order valence-electron chi connectivity index (χ2n) is 4.07. The SMILES string of the molecule is NCCC(O)c1nc(C2CCCC2)no1. The molecule has 15 heavy (non-hydrogen) atoms. The van der Waals surface area contributed by atoms with Gasteiger partial charge in [0.25, 0.3) is 5.89 Å². The highest BCUT2D eigenvalue weighted by Gasteiger charge is 2.24. The zero-order chi connectivity index (χ0) is 10.7. The van der Waals surface area contributed by atoms with E-state index in [0.29, 0.717) is 24.8 Å². The molecule has 0 radical (unpaired) electrons. The fraction of sp³-hybridized carbons (Fsp3) is 0.800. The maximum absolute atomic E-state index is 9.60. The van der Waals surface area contributed by atoms with Crippen LogP contribution in [0.3, 0.4) is 0 Å². The predicted molar refractivity (Wildman–Crippen MR) is 54.1 cm³/mol. The highest BCUT2D eigenvalue weighted by molar-refractivity contribution is 4.99. The number of hydrogen-bond donors (Lipinski definition) is 2. The molecule has 1 unspecified atom stereocenters. The van der Waals surface area contributed by atoms with Crippen molar-refractivity contribution in [3.05, 3.63) is 11.7 Å². The summed E-state index contributed by atoms with van der Waals surface area (Å²) in [5.74, 6) is 1.48. The molecular weight excluding hydrogens is 194 g/mol. The zero-order valence-corrected chi connectivity index (χ0v) is 8.72. The number of nitrogens with two attached hydrogens (primary N) is 1. The Bertz CT molecular complexity index is 307. The van der Waals surface area contributed by atoms with Gasteiger partial charge in [0.1, 0.15) is 6.10 Å². The molecule has 5 heteroatoms. The lowest BCUT2D eigenvalue weighted by Crippen LogP contribution is -2.07. The maximum Gasteiger partial charge on any atom is 0.255 e. The molecular formula is C10H17N3O2. The van der Waals surface area contributed by atoms with E-state index in [2.05, 4.69) is 10.1 Å². The molecule has 5 nitrogen and oxygen atoms in total. The van der Waals surface area contributed by atoms with Crippen LogP contribution in [0.5, 0.6) is 0 Å². The summed E-state index contributed by atoms with van der Waals surface area (Å²) in [5.41, 5.74) is 5.35. The van der Waals surface area contributed by atoms with Gasteiger partial charge in [-0.3, -0.25) is 0 Å². The molecule has 1 fully saturated rings. The summed E-state index contributed by atoms with van der Waals surface area (Å²) < 4.78 is 5.02. The van der Waals surface area contributed by atoms with Gasteiger partial charge in [0, 0.05) is 5.92 Å². The van der Waals surface area contributed by atoms with Crippen molar-refractivity contribution >= 4 is 0 Å². The summed E-state index contributed by atoms with van der Waals surface area (Å²) in [6.07, 6.45) is 4.49. The molecule has 0 amide bonds. The Kier molecular flexibility index (Phi) is 3.33. The minimum absolute atomic E-state index is 0.308. The van der Waals surface area contributed by atoms with Crippen LogP contribution in [0.2, 0.25) is 0 Å². The van der Waals surface area contributed by atoms with Gasteiger partial charge in [0.2, 0.25) is 0 Å². The van der Waals surface area contributed by atoms with Crippen molar-refractivity contribution in [3.8, 4) is 0 Å². The van der Waals surface area contributed by atoms with E-state index in [1.54, 1.807) is 0 Å². The van der Waals surface area contributed by atoms with Crippen LogP contribution < -0.4 is 5.73 Å². The van der Waals surface area contributed by atoms with Crippen molar-refractivity contribution in [2.24, 2.45) is 5.73 Å². The first-order valence-corrected chi connectivity index (χ1v) is 5.53. The van der Waals surface area contributed by atoms with Crippen LogP contribution in [0.25, 0.3) is 0 Å². The Morgan fingerprint density at radius 3 is 2.87 bits per heavy atom. The summed E-state index contributed by atoms with van der Waals surface area (Å²) in [6, 6.07) is 0. The van der Waals surface area contributed by atoms with Gasteiger partial charge in [-0.2, -0.15) is 4.98 Å². The molecule has 0 aromatic carbocycles. The molecule has 0 spiro atoms. The Balaban J connectivity index is 2.02. The molecule has 0 aliphatic heterocycles. The monoisotopic (exact) mass is 211 g/mol. The molecule has 0 saturated heterocycles. The van der Waals surface area contributed by atoms with Crippen LogP contribution in [0.4, 0.5) is 0 Å². The van der Waals surface area contributed by atoms with Crippen LogP contribution in [0.1, 0.15) is 55.8 Å². The third-order valence-corrected chi connectivity index (χ3v) is 2.90. The van der Waals surface area contributed by atoms with Crippen molar-refractivity contribution in [1.82, 2.24) is 10.1 Å². The van der Waals surface area contributed by atoms with Crippen molar-refractivity contribution in [3.63, 3.8) is 0 Å². The second kappa shape index (κ2) is 4.72. The average Bonchev–Trinajstić information content (AvgIpc) is 2.89. The van der Waals surface area contributed by atoms with Crippen molar-refractivity contribution in [2.45, 2.75) is 44.1 Å². The van der Waals surface area contributed by atoms with E-state index in [4.69, 9.17) is 10.3 Å². The Labute approximate surface area is 88.7 Å². The first kappa shape index (κ1) is 10.6. The van der Waals surface area contributed by atoms with Crippen molar-refractivity contribution in [1.29, 1.82) is 0 Å². The lowest BCUT2D eigenvalue weighted by Gasteiger charge is -2.02. The summed E-state index contributed by atoms with van der Waals surface area (Å²) in [6.45, 7) is 0.419. The van der Waals surface area contributed by atoms with Crippen LogP contribution in [0.15, 0.2) is 4.52 Å². The Morgan fingerprint density at radius 2 is 2.20 bits per heavy atom. The average molecular weight is 211 g/mol. The van der Waals surface area contributed by atoms with Crippen LogP contribution >= 0.6 is 0 Å². The smallest absolute Gasteiger partial charge is 0.255 e. The normalized spacial score (nSPS) is 19.6. The number of aromatic nitrogens is 2. The second-order valence-corrected chi connectivity index (χ2v) is 4.07. The molecule has 1 aliphatic carbocycles. The van der Waals surface area contributed by atoms with Gasteiger partial charge in [-0.25, -0.2) is 0 Å². The third-order valence-electron chi connectivity index (χ3n) is 2.90. The van der Waals surface area contributed by atoms with Gasteiger partial charge in [-0.15, -0.1) is 0 Å². The molecule has 3 N–H and O–H groups in total. The standard InChI is InChI=1S/C10H17N3O2/c11-6-5-8(14)10-12-9(13-15-10)7-3-1-2-4-7/h7-8,14H,1-6,11H2. The minimum Gasteiger partial charge on any atom is -0.383 e. The van der Waals surface area contributed by atoms with Crippen LogP contribution in [-0.2, 0) is 0 Å². The first-order valence-electron chi connectivity index (χ1n) is 5.53. The highest BCUT2D eigenvalue weighted by atomic mass is 16.5. The van der Waals surface area contributed by atoms with Crippen molar-refractivity contribution in [2.75, 3.05) is 6.54 Å². The van der Waals surface area contributed by atoms with Gasteiger partial charge < -0.3 is 15.4 Å². The Hall–Kier alpha value is -0.940. The maximum atomic E-state index is 9.60. The van der Waals surface area contributed by atoms with Gasteiger partial charge >= 0.3 is 0 Å². The number of aliphatic hydroxyl groups is 1. The zero-order valence-electron chi connectivity index (χ0n) is 8.72. The predicted octanol–water partition coefficient (Wildman–Crippen LogP) is 1.11. The summed E-state index contributed by atoms with van der Waals surface area (Å²) >= 11 is 0. The first-order chi connectivity index (χ1) is 7.31. The molecule has 0 bridgehead atoms. The summed E-state index contributed by atoms with van der Waals surface area (Å²) in [4.78, 5) is 4.23. The molecule has 1 heterocycles. The number of hydrogen-bond acceptors (Lipinski definition) is 5. The quantitative estimate of drug-likeness (QED) is 0.779. The van der Waals surface area contributed by atoms with E-state index in [0.717, 1.165) is 18.7 Å². The third kappa shape index (κ3) is 2.35. The number of rotatable bonds is 4. The van der Waals surface area contributed by atoms with Crippen LogP contribution in [-0.4, -0.2) is 21.8 Å². The molecule has 1 atom stereocenters. The van der Waals surface area contributed by atoms with Gasteiger partial charge in [-0.1, -0.05) is 18.0 Å². The van der Waals surface area contributed by atoms with Crippen molar-refractivity contribution < 1.29 is 9.63 Å². The van der Waals surface area contributed by atoms with Gasteiger partial charge in [-0.05, 0) is 25.8 Å². The fourth-order valence-corrected chi connectivity index (χ4v) is 2.01. The molecule has 1 saturated carbocycles. The van der Waals surface area contributed by atoms with Crippen LogP contribution in [0, 0.1) is 0 Å². The van der Waals surface area contributed by atoms with E-state index in [1.165, 1.54) is 12.8 Å². The minimum atomic E-state index is -0.711. The Morgan fingerprint density at radius 1 is 1.47 bits per heavy atom. The molecule has 2 rings (SSSR count). The van der Waals surface area contributed by atoms with E-state index < -0.39 is 6.10 Å². The van der Waals surface area contributed by atoms with E-state index in [1.807, 2.05) is 0 Å². The summed E-state index contributed by atoms with van der Waals surface area (Å²) in [5, 5.41) is 13.5. The van der Waals surface area contributed by atoms with E-state index in [-0.39, 0.29) is 0 Å². The van der Waals surface area contributed by atoms with E-state index in [9.17, 15) is 5.11 Å². The lowest BCUT2D eigenvalue weighted by molar-refractivity contribution is 0.127. The molecule has 1 aliphatic rings. The summed E-state index contributed by atoms with van der Waals surface area (Å²) in [7, 11) is 0. The van der Waals surface area contributed by atoms with Gasteiger partial charge in [0.05, 0.1) is 0 Å². The topological polar surface area (TPSA) is 85.2 Å². The molecule has 84 valence electrons. The molecule has 1 aromatic rings. The van der Waals surface area contributed by atoms with Gasteiger partial charge in [0.15, 0.2) is 5.82 Å². The molecule has 1 aromatic heterocycles. The number of aliphatic hydroxyl groups excluding tert-OH is 1. The number of nitrogens with zero attached hydrogens (tertiary/aromatic N) is 2.